The van der Waals surface area contributed by atoms with Crippen molar-refractivity contribution in [2.75, 3.05) is 18.1 Å². The Morgan fingerprint density at radius 2 is 2.10 bits per heavy atom. The van der Waals surface area contributed by atoms with Crippen LogP contribution in [0.4, 0.5) is 11.4 Å². The van der Waals surface area contributed by atoms with E-state index in [0.29, 0.717) is 12.6 Å². The molecular weight excluding hydrogens is 270 g/mol. The molecule has 0 aromatic heterocycles. The van der Waals surface area contributed by atoms with Gasteiger partial charge in [-0.05, 0) is 25.0 Å². The molecule has 21 heavy (non-hydrogen) atoms. The molecule has 0 heterocycles. The lowest BCUT2D eigenvalue weighted by Gasteiger charge is -2.35. The van der Waals surface area contributed by atoms with Gasteiger partial charge < -0.3 is 10.0 Å². The lowest BCUT2D eigenvalue weighted by molar-refractivity contribution is -0.385. The van der Waals surface area contributed by atoms with Gasteiger partial charge in [0.05, 0.1) is 11.5 Å². The Labute approximate surface area is 123 Å². The maximum atomic E-state index is 10.9. The number of nitrogens with zero attached hydrogens (tertiary/aromatic N) is 3. The molecule has 0 atom stereocenters. The molecule has 1 aromatic carbocycles. The van der Waals surface area contributed by atoms with Crippen LogP contribution in [0, 0.1) is 21.4 Å². The van der Waals surface area contributed by atoms with E-state index in [1.165, 1.54) is 12.5 Å². The maximum absolute atomic E-state index is 10.9. The fraction of sp³-hybridized carbons (Fsp3) is 0.533. The monoisotopic (exact) mass is 289 g/mol. The first-order chi connectivity index (χ1) is 10.2. The predicted molar refractivity (Wildman–Crippen MR) is 79.1 cm³/mol. The summed E-state index contributed by atoms with van der Waals surface area (Å²) in [6.45, 7) is 0.503. The zero-order valence-electron chi connectivity index (χ0n) is 11.9. The summed E-state index contributed by atoms with van der Waals surface area (Å²) < 4.78 is 0. The summed E-state index contributed by atoms with van der Waals surface area (Å²) in [5, 5.41) is 29.3. The largest absolute Gasteiger partial charge is 0.395 e. The van der Waals surface area contributed by atoms with Gasteiger partial charge in [0.25, 0.3) is 5.69 Å². The number of nitro benzene ring substituents is 1. The molecule has 112 valence electrons. The second kappa shape index (κ2) is 7.04. The lowest BCUT2D eigenvalue weighted by Crippen LogP contribution is -2.38. The first-order valence-corrected chi connectivity index (χ1v) is 7.23. The molecule has 0 saturated heterocycles. The van der Waals surface area contributed by atoms with Crippen LogP contribution in [0.25, 0.3) is 0 Å². The molecule has 1 aliphatic rings. The summed E-state index contributed by atoms with van der Waals surface area (Å²) in [7, 11) is 0. The molecule has 0 radical (unpaired) electrons. The van der Waals surface area contributed by atoms with Crippen LogP contribution in [0.5, 0.6) is 0 Å². The zero-order valence-corrected chi connectivity index (χ0v) is 11.9. The normalized spacial score (nSPS) is 15.4. The number of hydrogen-bond donors (Lipinski definition) is 1. The van der Waals surface area contributed by atoms with Crippen molar-refractivity contribution >= 4 is 11.4 Å². The average Bonchev–Trinajstić information content (AvgIpc) is 2.52. The summed E-state index contributed by atoms with van der Waals surface area (Å²) in [4.78, 5) is 12.4. The predicted octanol–water partition coefficient (Wildman–Crippen LogP) is 2.60. The second-order valence-corrected chi connectivity index (χ2v) is 5.28. The Balaban J connectivity index is 2.31. The van der Waals surface area contributed by atoms with E-state index >= 15 is 0 Å². The van der Waals surface area contributed by atoms with Gasteiger partial charge in [-0.15, -0.1) is 0 Å². The molecule has 0 aliphatic heterocycles. The number of nitro groups is 1. The number of aliphatic hydroxyl groups excluding tert-OH is 1. The van der Waals surface area contributed by atoms with Crippen LogP contribution in [-0.2, 0) is 0 Å². The number of rotatable bonds is 5. The van der Waals surface area contributed by atoms with Gasteiger partial charge in [0.15, 0.2) is 0 Å². The van der Waals surface area contributed by atoms with Gasteiger partial charge in [-0.3, -0.25) is 10.1 Å². The van der Waals surface area contributed by atoms with Crippen LogP contribution < -0.4 is 4.90 Å². The summed E-state index contributed by atoms with van der Waals surface area (Å²) in [5.74, 6) is 0. The van der Waals surface area contributed by atoms with Crippen molar-refractivity contribution in [3.05, 3.63) is 33.9 Å². The van der Waals surface area contributed by atoms with Gasteiger partial charge in [0.2, 0.25) is 0 Å². The Morgan fingerprint density at radius 3 is 2.67 bits per heavy atom. The van der Waals surface area contributed by atoms with E-state index in [-0.39, 0.29) is 17.9 Å². The minimum atomic E-state index is -0.542. The van der Waals surface area contributed by atoms with Crippen molar-refractivity contribution in [3.8, 4) is 6.07 Å². The molecule has 0 spiro atoms. The van der Waals surface area contributed by atoms with Crippen molar-refractivity contribution in [2.24, 2.45) is 0 Å². The van der Waals surface area contributed by atoms with Gasteiger partial charge in [-0.2, -0.15) is 5.26 Å². The van der Waals surface area contributed by atoms with Crippen molar-refractivity contribution in [1.29, 1.82) is 5.26 Å². The number of benzene rings is 1. The van der Waals surface area contributed by atoms with Gasteiger partial charge >= 0.3 is 0 Å². The molecule has 1 saturated carbocycles. The van der Waals surface area contributed by atoms with Crippen molar-refractivity contribution in [1.82, 2.24) is 0 Å². The fourth-order valence-corrected chi connectivity index (χ4v) is 2.97. The molecule has 0 unspecified atom stereocenters. The Hall–Kier alpha value is -2.13. The van der Waals surface area contributed by atoms with E-state index in [9.17, 15) is 15.2 Å². The molecule has 0 bridgehead atoms. The standard InChI is InChI=1S/C15H19N3O3/c16-11-12-10-14(6-7-15(12)18(20)21)17(8-9-19)13-4-2-1-3-5-13/h6-7,10,13,19H,1-5,8-9H2. The van der Waals surface area contributed by atoms with Gasteiger partial charge in [0.1, 0.15) is 11.6 Å². The highest BCUT2D eigenvalue weighted by molar-refractivity contribution is 5.60. The van der Waals surface area contributed by atoms with Crippen LogP contribution in [-0.4, -0.2) is 29.2 Å². The van der Waals surface area contributed by atoms with Gasteiger partial charge in [-0.25, -0.2) is 0 Å². The SMILES string of the molecule is N#Cc1cc(N(CCO)C2CCCCC2)ccc1[N+](=O)[O-]. The highest BCUT2D eigenvalue weighted by Gasteiger charge is 2.23. The summed E-state index contributed by atoms with van der Waals surface area (Å²) >= 11 is 0. The number of nitriles is 1. The van der Waals surface area contributed by atoms with Crippen molar-refractivity contribution in [3.63, 3.8) is 0 Å². The number of aliphatic hydroxyl groups is 1. The molecule has 1 fully saturated rings. The van der Waals surface area contributed by atoms with E-state index in [1.54, 1.807) is 12.1 Å². The third kappa shape index (κ3) is 3.50. The quantitative estimate of drug-likeness (QED) is 0.664. The summed E-state index contributed by atoms with van der Waals surface area (Å²) in [5.41, 5.74) is 0.670. The minimum Gasteiger partial charge on any atom is -0.395 e. The third-order valence-corrected chi connectivity index (χ3v) is 3.99. The smallest absolute Gasteiger partial charge is 0.287 e. The topological polar surface area (TPSA) is 90.4 Å². The fourth-order valence-electron chi connectivity index (χ4n) is 2.97. The maximum Gasteiger partial charge on any atom is 0.287 e. The van der Waals surface area contributed by atoms with Crippen molar-refractivity contribution in [2.45, 2.75) is 38.1 Å². The molecule has 2 rings (SSSR count). The van der Waals surface area contributed by atoms with E-state index in [0.717, 1.165) is 31.4 Å². The van der Waals surface area contributed by atoms with Gasteiger partial charge in [0, 0.05) is 24.3 Å². The lowest BCUT2D eigenvalue weighted by atomic mass is 9.93. The summed E-state index contributed by atoms with van der Waals surface area (Å²) in [6, 6.07) is 6.82. The third-order valence-electron chi connectivity index (χ3n) is 3.99. The molecule has 1 N–H and O–H groups in total. The number of hydrogen-bond acceptors (Lipinski definition) is 5. The first-order valence-electron chi connectivity index (χ1n) is 7.23. The van der Waals surface area contributed by atoms with Crippen LogP contribution in [0.2, 0.25) is 0 Å². The summed E-state index contributed by atoms with van der Waals surface area (Å²) in [6.07, 6.45) is 5.65. The van der Waals surface area contributed by atoms with Crippen LogP contribution >= 0.6 is 0 Å². The first kappa shape index (κ1) is 15.3. The Bertz CT molecular complexity index is 548. The minimum absolute atomic E-state index is 0.0232. The highest BCUT2D eigenvalue weighted by atomic mass is 16.6. The van der Waals surface area contributed by atoms with Crippen LogP contribution in [0.1, 0.15) is 37.7 Å². The molecule has 1 aromatic rings. The van der Waals surface area contributed by atoms with Crippen molar-refractivity contribution < 1.29 is 10.0 Å². The van der Waals surface area contributed by atoms with E-state index in [1.807, 2.05) is 6.07 Å². The average molecular weight is 289 g/mol. The molecule has 0 amide bonds. The second-order valence-electron chi connectivity index (χ2n) is 5.28. The molecule has 6 heteroatoms. The Morgan fingerprint density at radius 1 is 1.38 bits per heavy atom. The molecule has 6 nitrogen and oxygen atoms in total. The molecular formula is C15H19N3O3. The van der Waals surface area contributed by atoms with Gasteiger partial charge in [-0.1, -0.05) is 19.3 Å². The Kier molecular flexibility index (Phi) is 5.12. The van der Waals surface area contributed by atoms with E-state index < -0.39 is 4.92 Å². The highest BCUT2D eigenvalue weighted by Crippen LogP contribution is 2.30. The van der Waals surface area contributed by atoms with Crippen LogP contribution in [0.3, 0.4) is 0 Å². The van der Waals surface area contributed by atoms with E-state index in [2.05, 4.69) is 4.90 Å². The molecule has 1 aliphatic carbocycles. The van der Waals surface area contributed by atoms with Crippen LogP contribution in [0.15, 0.2) is 18.2 Å². The van der Waals surface area contributed by atoms with E-state index in [4.69, 9.17) is 5.26 Å². The number of anilines is 1. The zero-order chi connectivity index (χ0) is 15.2.